The standard InChI is InChI=1S/C22H19N3O6S/c1-15-14-24(20-7-2-3-8-21(20)31-15)32(29,30)19-11-9-17(10-12-19)23-22(26)16-5-4-6-18(13-16)25(27)28/h2-13,15H,14H2,1H3,(H,23,26). The van der Waals surface area contributed by atoms with Crippen LogP contribution in [0.3, 0.4) is 0 Å². The zero-order valence-corrected chi connectivity index (χ0v) is 17.8. The van der Waals surface area contributed by atoms with Crippen LogP contribution in [0.25, 0.3) is 0 Å². The number of rotatable bonds is 5. The molecular formula is C22H19N3O6S. The summed E-state index contributed by atoms with van der Waals surface area (Å²) in [5, 5.41) is 13.5. The highest BCUT2D eigenvalue weighted by Gasteiger charge is 2.32. The lowest BCUT2D eigenvalue weighted by Crippen LogP contribution is -2.42. The smallest absolute Gasteiger partial charge is 0.270 e. The number of carbonyl (C=O) groups excluding carboxylic acids is 1. The lowest BCUT2D eigenvalue weighted by molar-refractivity contribution is -0.384. The van der Waals surface area contributed by atoms with Crippen molar-refractivity contribution in [2.45, 2.75) is 17.9 Å². The monoisotopic (exact) mass is 453 g/mol. The third-order valence-electron chi connectivity index (χ3n) is 4.90. The number of fused-ring (bicyclic) bond motifs is 1. The number of nitrogens with one attached hydrogen (secondary N) is 1. The van der Waals surface area contributed by atoms with Gasteiger partial charge in [-0.15, -0.1) is 0 Å². The number of ether oxygens (including phenoxy) is 1. The number of anilines is 2. The van der Waals surface area contributed by atoms with E-state index in [1.807, 2.05) is 0 Å². The normalized spacial score (nSPS) is 15.4. The largest absolute Gasteiger partial charge is 0.487 e. The molecule has 3 aromatic rings. The van der Waals surface area contributed by atoms with Crippen molar-refractivity contribution in [3.8, 4) is 5.75 Å². The van der Waals surface area contributed by atoms with Crippen LogP contribution in [0.2, 0.25) is 0 Å². The van der Waals surface area contributed by atoms with Crippen LogP contribution in [0.4, 0.5) is 17.1 Å². The summed E-state index contributed by atoms with van der Waals surface area (Å²) in [6, 6.07) is 18.0. The number of para-hydroxylation sites is 2. The maximum absolute atomic E-state index is 13.3. The van der Waals surface area contributed by atoms with E-state index < -0.39 is 20.9 Å². The number of nitro groups is 1. The van der Waals surface area contributed by atoms with Crippen LogP contribution in [0.15, 0.2) is 77.7 Å². The van der Waals surface area contributed by atoms with Gasteiger partial charge in [-0.25, -0.2) is 8.42 Å². The summed E-state index contributed by atoms with van der Waals surface area (Å²) in [5.41, 5.74) is 0.749. The molecule has 10 heteroatoms. The third-order valence-corrected chi connectivity index (χ3v) is 6.70. The first-order valence-electron chi connectivity index (χ1n) is 9.70. The molecule has 32 heavy (non-hydrogen) atoms. The zero-order chi connectivity index (χ0) is 22.9. The third kappa shape index (κ3) is 4.12. The van der Waals surface area contributed by atoms with E-state index in [1.165, 1.54) is 52.8 Å². The van der Waals surface area contributed by atoms with Gasteiger partial charge in [0.15, 0.2) is 0 Å². The Balaban J connectivity index is 1.56. The van der Waals surface area contributed by atoms with Gasteiger partial charge in [0, 0.05) is 23.4 Å². The zero-order valence-electron chi connectivity index (χ0n) is 17.0. The van der Waals surface area contributed by atoms with Crippen molar-refractivity contribution in [3.05, 3.63) is 88.5 Å². The fourth-order valence-electron chi connectivity index (χ4n) is 3.38. The molecule has 1 heterocycles. The van der Waals surface area contributed by atoms with Crippen LogP contribution >= 0.6 is 0 Å². The number of non-ortho nitro benzene ring substituents is 1. The number of nitro benzene ring substituents is 1. The van der Waals surface area contributed by atoms with E-state index in [0.29, 0.717) is 17.1 Å². The second-order valence-electron chi connectivity index (χ2n) is 7.22. The minimum atomic E-state index is -3.86. The molecule has 9 nitrogen and oxygen atoms in total. The molecule has 1 aliphatic heterocycles. The van der Waals surface area contributed by atoms with Gasteiger partial charge in [-0.2, -0.15) is 0 Å². The van der Waals surface area contributed by atoms with Gasteiger partial charge >= 0.3 is 0 Å². The van der Waals surface area contributed by atoms with E-state index in [0.717, 1.165) is 0 Å². The van der Waals surface area contributed by atoms with Crippen molar-refractivity contribution in [2.75, 3.05) is 16.2 Å². The van der Waals surface area contributed by atoms with Crippen LogP contribution in [-0.2, 0) is 10.0 Å². The Hall–Kier alpha value is -3.92. The molecule has 0 spiro atoms. The Morgan fingerprint density at radius 2 is 1.81 bits per heavy atom. The summed E-state index contributed by atoms with van der Waals surface area (Å²) in [6.07, 6.45) is -0.312. The van der Waals surface area contributed by atoms with Crippen molar-refractivity contribution in [1.29, 1.82) is 0 Å². The van der Waals surface area contributed by atoms with Crippen LogP contribution in [0.5, 0.6) is 5.75 Å². The molecular weight excluding hydrogens is 434 g/mol. The van der Waals surface area contributed by atoms with Gasteiger partial charge < -0.3 is 10.1 Å². The van der Waals surface area contributed by atoms with E-state index in [-0.39, 0.29) is 28.8 Å². The van der Waals surface area contributed by atoms with Gasteiger partial charge in [0.1, 0.15) is 11.9 Å². The molecule has 0 aromatic heterocycles. The molecule has 1 unspecified atom stereocenters. The minimum Gasteiger partial charge on any atom is -0.487 e. The molecule has 0 saturated carbocycles. The van der Waals surface area contributed by atoms with Gasteiger partial charge in [0.2, 0.25) is 0 Å². The van der Waals surface area contributed by atoms with Crippen molar-refractivity contribution in [3.63, 3.8) is 0 Å². The summed E-state index contributed by atoms with van der Waals surface area (Å²) in [5.74, 6) is -0.0455. The fraction of sp³-hybridized carbons (Fsp3) is 0.136. The topological polar surface area (TPSA) is 119 Å². The SMILES string of the molecule is CC1CN(S(=O)(=O)c2ccc(NC(=O)c3cccc([N+](=O)[O-])c3)cc2)c2ccccc2O1. The molecule has 164 valence electrons. The van der Waals surface area contributed by atoms with Crippen LogP contribution in [0.1, 0.15) is 17.3 Å². The van der Waals surface area contributed by atoms with Gasteiger partial charge in [0.25, 0.3) is 21.6 Å². The average Bonchev–Trinajstić information content (AvgIpc) is 2.79. The van der Waals surface area contributed by atoms with Crippen LogP contribution in [-0.4, -0.2) is 31.9 Å². The first-order valence-corrected chi connectivity index (χ1v) is 11.1. The molecule has 1 N–H and O–H groups in total. The Morgan fingerprint density at radius 1 is 1.09 bits per heavy atom. The first-order chi connectivity index (χ1) is 15.3. The molecule has 1 aliphatic rings. The molecule has 0 fully saturated rings. The second-order valence-corrected chi connectivity index (χ2v) is 9.08. The summed E-state index contributed by atoms with van der Waals surface area (Å²) >= 11 is 0. The molecule has 4 rings (SSSR count). The minimum absolute atomic E-state index is 0.0646. The first kappa shape index (κ1) is 21.3. The molecule has 0 radical (unpaired) electrons. The van der Waals surface area contributed by atoms with E-state index in [1.54, 1.807) is 31.2 Å². The van der Waals surface area contributed by atoms with E-state index >= 15 is 0 Å². The van der Waals surface area contributed by atoms with Crippen LogP contribution in [0, 0.1) is 10.1 Å². The predicted molar refractivity (Wildman–Crippen MR) is 119 cm³/mol. The van der Waals surface area contributed by atoms with Crippen molar-refractivity contribution in [1.82, 2.24) is 0 Å². The van der Waals surface area contributed by atoms with Gasteiger partial charge in [-0.05, 0) is 49.4 Å². The number of sulfonamides is 1. The molecule has 1 atom stereocenters. The lowest BCUT2D eigenvalue weighted by Gasteiger charge is -2.34. The summed E-state index contributed by atoms with van der Waals surface area (Å²) < 4.78 is 33.6. The van der Waals surface area contributed by atoms with Crippen molar-refractivity contribution < 1.29 is 22.9 Å². The lowest BCUT2D eigenvalue weighted by atomic mass is 10.2. The highest BCUT2D eigenvalue weighted by atomic mass is 32.2. The summed E-state index contributed by atoms with van der Waals surface area (Å²) in [6.45, 7) is 1.97. The van der Waals surface area contributed by atoms with E-state index in [9.17, 15) is 23.3 Å². The van der Waals surface area contributed by atoms with E-state index in [4.69, 9.17) is 4.74 Å². The van der Waals surface area contributed by atoms with Crippen molar-refractivity contribution >= 4 is 33.0 Å². The number of hydrogen-bond donors (Lipinski definition) is 1. The molecule has 0 saturated heterocycles. The quantitative estimate of drug-likeness (QED) is 0.463. The fourth-order valence-corrected chi connectivity index (χ4v) is 4.93. The average molecular weight is 453 g/mol. The van der Waals surface area contributed by atoms with Crippen molar-refractivity contribution in [2.24, 2.45) is 0 Å². The Labute approximate surface area is 184 Å². The summed E-state index contributed by atoms with van der Waals surface area (Å²) in [7, 11) is -3.86. The van der Waals surface area contributed by atoms with Crippen LogP contribution < -0.4 is 14.4 Å². The second kappa shape index (κ2) is 8.31. The molecule has 1 amide bonds. The number of nitrogens with zero attached hydrogens (tertiary/aromatic N) is 2. The van der Waals surface area contributed by atoms with E-state index in [2.05, 4.69) is 5.32 Å². The van der Waals surface area contributed by atoms with Gasteiger partial charge in [-0.3, -0.25) is 19.2 Å². The number of carbonyl (C=O) groups is 1. The Kier molecular flexibility index (Phi) is 5.54. The number of amides is 1. The van der Waals surface area contributed by atoms with Gasteiger partial charge in [0.05, 0.1) is 22.1 Å². The number of hydrogen-bond acceptors (Lipinski definition) is 6. The van der Waals surface area contributed by atoms with Gasteiger partial charge in [-0.1, -0.05) is 18.2 Å². The maximum Gasteiger partial charge on any atom is 0.270 e. The predicted octanol–water partition coefficient (Wildman–Crippen LogP) is 3.82. The summed E-state index contributed by atoms with van der Waals surface area (Å²) in [4.78, 5) is 22.8. The molecule has 3 aromatic carbocycles. The highest BCUT2D eigenvalue weighted by Crippen LogP contribution is 2.36. The molecule has 0 bridgehead atoms. The Bertz CT molecular complexity index is 1290. The molecule has 0 aliphatic carbocycles. The highest BCUT2D eigenvalue weighted by molar-refractivity contribution is 7.92. The maximum atomic E-state index is 13.3. The number of benzene rings is 3. The Morgan fingerprint density at radius 3 is 2.53 bits per heavy atom.